The second kappa shape index (κ2) is 8.43. The number of benzene rings is 1. The first-order valence-electron chi connectivity index (χ1n) is 9.50. The van der Waals surface area contributed by atoms with Crippen LogP contribution >= 0.6 is 0 Å². The molecule has 2 fully saturated rings. The number of fused-ring (bicyclic) bond motifs is 2. The van der Waals surface area contributed by atoms with Crippen molar-refractivity contribution in [3.05, 3.63) is 23.8 Å². The molecule has 2 aliphatic carbocycles. The van der Waals surface area contributed by atoms with E-state index in [1.165, 1.54) is 26.4 Å². The van der Waals surface area contributed by atoms with Crippen LogP contribution in [-0.2, 0) is 4.79 Å². The fourth-order valence-electron chi connectivity index (χ4n) is 4.25. The first-order valence-corrected chi connectivity index (χ1v) is 9.50. The first kappa shape index (κ1) is 18.5. The van der Waals surface area contributed by atoms with Gasteiger partial charge in [-0.3, -0.25) is 20.4 Å². The van der Waals surface area contributed by atoms with Gasteiger partial charge < -0.3 is 9.47 Å². The minimum Gasteiger partial charge on any atom is -0.493 e. The standard InChI is InChI=1S/C20H28N2O4/c1-3-8-26-17-7-6-15(11-18(17)25-2)20(24)22-21-19(23)12-16-10-13-4-5-14(16)9-13/h6-7,11,13-14,16H,3-5,8-10,12H2,1-2H3,(H,21,23)(H,22,24). The minimum atomic E-state index is -0.369. The highest BCUT2D eigenvalue weighted by Gasteiger charge is 2.40. The lowest BCUT2D eigenvalue weighted by molar-refractivity contribution is -0.123. The van der Waals surface area contributed by atoms with Gasteiger partial charge >= 0.3 is 0 Å². The molecule has 2 bridgehead atoms. The predicted octanol–water partition coefficient (Wildman–Crippen LogP) is 3.07. The first-order chi connectivity index (χ1) is 12.6. The Morgan fingerprint density at radius 3 is 2.65 bits per heavy atom. The van der Waals surface area contributed by atoms with E-state index in [4.69, 9.17) is 9.47 Å². The molecule has 6 heteroatoms. The van der Waals surface area contributed by atoms with Crippen molar-refractivity contribution in [2.24, 2.45) is 17.8 Å². The number of amides is 2. The molecule has 2 saturated carbocycles. The monoisotopic (exact) mass is 360 g/mol. The van der Waals surface area contributed by atoms with Crippen LogP contribution in [0.4, 0.5) is 0 Å². The summed E-state index contributed by atoms with van der Waals surface area (Å²) in [6.45, 7) is 2.61. The number of hydrogen-bond acceptors (Lipinski definition) is 4. The molecule has 2 N–H and O–H groups in total. The van der Waals surface area contributed by atoms with Gasteiger partial charge in [0.05, 0.1) is 13.7 Å². The van der Waals surface area contributed by atoms with Gasteiger partial charge in [-0.05, 0) is 61.6 Å². The van der Waals surface area contributed by atoms with Crippen LogP contribution in [0.3, 0.4) is 0 Å². The molecule has 2 aliphatic rings. The molecule has 26 heavy (non-hydrogen) atoms. The molecule has 6 nitrogen and oxygen atoms in total. The summed E-state index contributed by atoms with van der Waals surface area (Å²) in [4.78, 5) is 24.4. The fourth-order valence-corrected chi connectivity index (χ4v) is 4.25. The number of hydrogen-bond donors (Lipinski definition) is 2. The van der Waals surface area contributed by atoms with Crippen molar-refractivity contribution in [1.82, 2.24) is 10.9 Å². The SMILES string of the molecule is CCCOc1ccc(C(=O)NNC(=O)CC2CC3CCC2C3)cc1OC. The second-order valence-corrected chi connectivity index (χ2v) is 7.36. The molecule has 3 rings (SSSR count). The lowest BCUT2D eigenvalue weighted by Crippen LogP contribution is -2.42. The van der Waals surface area contributed by atoms with Gasteiger partial charge in [-0.15, -0.1) is 0 Å². The molecule has 0 saturated heterocycles. The highest BCUT2D eigenvalue weighted by Crippen LogP contribution is 2.49. The third-order valence-corrected chi connectivity index (χ3v) is 5.54. The van der Waals surface area contributed by atoms with E-state index in [0.29, 0.717) is 41.9 Å². The Kier molecular flexibility index (Phi) is 6.01. The highest BCUT2D eigenvalue weighted by molar-refractivity contribution is 5.96. The van der Waals surface area contributed by atoms with Gasteiger partial charge in [0.15, 0.2) is 11.5 Å². The van der Waals surface area contributed by atoms with Crippen molar-refractivity contribution >= 4 is 11.8 Å². The van der Waals surface area contributed by atoms with E-state index >= 15 is 0 Å². The van der Waals surface area contributed by atoms with E-state index in [1.807, 2.05) is 6.92 Å². The van der Waals surface area contributed by atoms with Gasteiger partial charge in [0, 0.05) is 12.0 Å². The van der Waals surface area contributed by atoms with Crippen LogP contribution < -0.4 is 20.3 Å². The number of carbonyl (C=O) groups is 2. The maximum atomic E-state index is 12.3. The Morgan fingerprint density at radius 1 is 1.15 bits per heavy atom. The third kappa shape index (κ3) is 4.29. The summed E-state index contributed by atoms with van der Waals surface area (Å²) in [6, 6.07) is 4.98. The predicted molar refractivity (Wildman–Crippen MR) is 97.9 cm³/mol. The van der Waals surface area contributed by atoms with Crippen molar-refractivity contribution in [3.63, 3.8) is 0 Å². The van der Waals surface area contributed by atoms with Gasteiger partial charge in [0.1, 0.15) is 0 Å². The number of methoxy groups -OCH3 is 1. The van der Waals surface area contributed by atoms with Crippen LogP contribution in [-0.4, -0.2) is 25.5 Å². The molecule has 0 radical (unpaired) electrons. The molecule has 1 aromatic rings. The zero-order chi connectivity index (χ0) is 18.5. The van der Waals surface area contributed by atoms with Gasteiger partial charge in [0.2, 0.25) is 5.91 Å². The fraction of sp³-hybridized carbons (Fsp3) is 0.600. The van der Waals surface area contributed by atoms with Gasteiger partial charge in [-0.1, -0.05) is 13.3 Å². The summed E-state index contributed by atoms with van der Waals surface area (Å²) in [7, 11) is 1.53. The van der Waals surface area contributed by atoms with Crippen molar-refractivity contribution < 1.29 is 19.1 Å². The molecular formula is C20H28N2O4. The lowest BCUT2D eigenvalue weighted by atomic mass is 9.86. The third-order valence-electron chi connectivity index (χ3n) is 5.54. The maximum absolute atomic E-state index is 12.3. The molecule has 2 amide bonds. The molecule has 0 aromatic heterocycles. The van der Waals surface area contributed by atoms with E-state index in [9.17, 15) is 9.59 Å². The molecule has 3 atom stereocenters. The highest BCUT2D eigenvalue weighted by atomic mass is 16.5. The summed E-state index contributed by atoms with van der Waals surface area (Å²) in [5.41, 5.74) is 5.45. The summed E-state index contributed by atoms with van der Waals surface area (Å²) < 4.78 is 10.9. The zero-order valence-corrected chi connectivity index (χ0v) is 15.5. The van der Waals surface area contributed by atoms with Crippen LogP contribution in [0.1, 0.15) is 55.8 Å². The van der Waals surface area contributed by atoms with Crippen LogP contribution in [0.5, 0.6) is 11.5 Å². The van der Waals surface area contributed by atoms with E-state index in [-0.39, 0.29) is 11.8 Å². The molecule has 1 aromatic carbocycles. The van der Waals surface area contributed by atoms with Gasteiger partial charge in [-0.25, -0.2) is 0 Å². The molecule has 142 valence electrons. The topological polar surface area (TPSA) is 76.7 Å². The summed E-state index contributed by atoms with van der Waals surface area (Å²) in [5.74, 6) is 2.60. The van der Waals surface area contributed by atoms with Crippen molar-refractivity contribution in [1.29, 1.82) is 0 Å². The Morgan fingerprint density at radius 2 is 2.00 bits per heavy atom. The van der Waals surface area contributed by atoms with E-state index in [2.05, 4.69) is 10.9 Å². The molecule has 3 unspecified atom stereocenters. The normalized spacial score (nSPS) is 23.5. The van der Waals surface area contributed by atoms with E-state index < -0.39 is 0 Å². The molecule has 0 aliphatic heterocycles. The van der Waals surface area contributed by atoms with Gasteiger partial charge in [-0.2, -0.15) is 0 Å². The number of carbonyl (C=O) groups excluding carboxylic acids is 2. The van der Waals surface area contributed by atoms with E-state index in [1.54, 1.807) is 18.2 Å². The summed E-state index contributed by atoms with van der Waals surface area (Å²) in [6.07, 6.45) is 6.38. The zero-order valence-electron chi connectivity index (χ0n) is 15.5. The number of rotatable bonds is 7. The van der Waals surface area contributed by atoms with E-state index in [0.717, 1.165) is 18.8 Å². The number of nitrogens with one attached hydrogen (secondary N) is 2. The Labute approximate surface area is 154 Å². The molecule has 0 heterocycles. The van der Waals surface area contributed by atoms with Crippen LogP contribution in [0.25, 0.3) is 0 Å². The number of ether oxygens (including phenoxy) is 2. The van der Waals surface area contributed by atoms with Crippen molar-refractivity contribution in [3.8, 4) is 11.5 Å². The van der Waals surface area contributed by atoms with Crippen molar-refractivity contribution in [2.75, 3.05) is 13.7 Å². The average molecular weight is 360 g/mol. The largest absolute Gasteiger partial charge is 0.493 e. The summed E-state index contributed by atoms with van der Waals surface area (Å²) in [5, 5.41) is 0. The lowest BCUT2D eigenvalue weighted by Gasteiger charge is -2.21. The smallest absolute Gasteiger partial charge is 0.269 e. The van der Waals surface area contributed by atoms with Crippen LogP contribution in [0, 0.1) is 17.8 Å². The van der Waals surface area contributed by atoms with Crippen LogP contribution in [0.15, 0.2) is 18.2 Å². The maximum Gasteiger partial charge on any atom is 0.269 e. The Balaban J connectivity index is 1.50. The molecule has 0 spiro atoms. The van der Waals surface area contributed by atoms with Crippen LogP contribution in [0.2, 0.25) is 0 Å². The summed E-state index contributed by atoms with van der Waals surface area (Å²) >= 11 is 0. The van der Waals surface area contributed by atoms with Crippen molar-refractivity contribution in [2.45, 2.75) is 45.4 Å². The minimum absolute atomic E-state index is 0.120. The molecular weight excluding hydrogens is 332 g/mol. The average Bonchev–Trinajstić information content (AvgIpc) is 3.27. The number of hydrazine groups is 1. The second-order valence-electron chi connectivity index (χ2n) is 7.36. The Hall–Kier alpha value is -2.24. The quantitative estimate of drug-likeness (QED) is 0.733. The Bertz CT molecular complexity index is 661. The van der Waals surface area contributed by atoms with Gasteiger partial charge in [0.25, 0.3) is 5.91 Å².